The Morgan fingerprint density at radius 2 is 1.84 bits per heavy atom. The number of benzene rings is 2. The Labute approximate surface area is 187 Å². The van der Waals surface area contributed by atoms with Crippen LogP contribution in [-0.4, -0.2) is 55.6 Å². The molecule has 0 unspecified atom stereocenters. The zero-order valence-electron chi connectivity index (χ0n) is 18.2. The molecule has 31 heavy (non-hydrogen) atoms. The van der Waals surface area contributed by atoms with Crippen LogP contribution < -0.4 is 15.0 Å². The van der Waals surface area contributed by atoms with Gasteiger partial charge in [-0.2, -0.15) is 0 Å². The molecule has 2 heterocycles. The van der Waals surface area contributed by atoms with Crippen molar-refractivity contribution < 1.29 is 9.53 Å². The van der Waals surface area contributed by atoms with Gasteiger partial charge in [0, 0.05) is 42.8 Å². The third kappa shape index (κ3) is 5.42. The van der Waals surface area contributed by atoms with E-state index in [0.717, 1.165) is 65.1 Å². The number of aryl methyl sites for hydroxylation is 2. The standard InChI is InChI=1S/C24H28N4O2S/c1-17-11-18(2)13-20(12-17)25-23(29)15-27-7-9-28(10-8-27)24-26-22(16-31-24)19-5-4-6-21(14-19)30-3/h4-6,11-14,16H,7-10,15H2,1-3H3,(H,25,29). The Kier molecular flexibility index (Phi) is 6.53. The number of thiazole rings is 1. The summed E-state index contributed by atoms with van der Waals surface area (Å²) in [6.07, 6.45) is 0. The highest BCUT2D eigenvalue weighted by atomic mass is 32.1. The summed E-state index contributed by atoms with van der Waals surface area (Å²) in [4.78, 5) is 21.8. The minimum Gasteiger partial charge on any atom is -0.497 e. The van der Waals surface area contributed by atoms with Crippen LogP contribution in [0, 0.1) is 13.8 Å². The number of ether oxygens (including phenoxy) is 1. The molecule has 0 spiro atoms. The molecule has 1 aliphatic rings. The van der Waals surface area contributed by atoms with Crippen LogP contribution in [0.5, 0.6) is 5.75 Å². The van der Waals surface area contributed by atoms with E-state index in [1.54, 1.807) is 18.4 Å². The second-order valence-corrected chi connectivity index (χ2v) is 8.77. The first kappa shape index (κ1) is 21.3. The fraction of sp³-hybridized carbons (Fsp3) is 0.333. The number of piperazine rings is 1. The van der Waals surface area contributed by atoms with Crippen molar-refractivity contribution in [1.29, 1.82) is 0 Å². The molecule has 0 saturated carbocycles. The van der Waals surface area contributed by atoms with Gasteiger partial charge in [0.05, 0.1) is 19.3 Å². The molecule has 0 aliphatic carbocycles. The Morgan fingerprint density at radius 3 is 2.55 bits per heavy atom. The molecule has 1 amide bonds. The lowest BCUT2D eigenvalue weighted by atomic mass is 10.1. The van der Waals surface area contributed by atoms with E-state index in [1.165, 1.54) is 0 Å². The van der Waals surface area contributed by atoms with Crippen LogP contribution in [0.1, 0.15) is 11.1 Å². The van der Waals surface area contributed by atoms with Crippen LogP contribution in [0.2, 0.25) is 0 Å². The van der Waals surface area contributed by atoms with Gasteiger partial charge in [-0.15, -0.1) is 11.3 Å². The molecule has 6 nitrogen and oxygen atoms in total. The summed E-state index contributed by atoms with van der Waals surface area (Å²) >= 11 is 1.66. The fourth-order valence-corrected chi connectivity index (χ4v) is 4.76. The van der Waals surface area contributed by atoms with Crippen molar-refractivity contribution in [2.45, 2.75) is 13.8 Å². The summed E-state index contributed by atoms with van der Waals surface area (Å²) in [6.45, 7) is 7.90. The third-order valence-electron chi connectivity index (χ3n) is 5.37. The molecule has 2 aromatic carbocycles. The summed E-state index contributed by atoms with van der Waals surface area (Å²) in [5.41, 5.74) is 5.20. The average molecular weight is 437 g/mol. The van der Waals surface area contributed by atoms with Crippen LogP contribution in [0.4, 0.5) is 10.8 Å². The minimum atomic E-state index is 0.0352. The van der Waals surface area contributed by atoms with Crippen molar-refractivity contribution in [3.63, 3.8) is 0 Å². The van der Waals surface area contributed by atoms with Gasteiger partial charge in [-0.25, -0.2) is 4.98 Å². The molecule has 0 radical (unpaired) electrons. The van der Waals surface area contributed by atoms with E-state index in [0.29, 0.717) is 6.54 Å². The van der Waals surface area contributed by atoms with E-state index in [4.69, 9.17) is 9.72 Å². The highest BCUT2D eigenvalue weighted by Crippen LogP contribution is 2.29. The molecule has 1 saturated heterocycles. The minimum absolute atomic E-state index is 0.0352. The molecule has 1 aliphatic heterocycles. The summed E-state index contributed by atoms with van der Waals surface area (Å²) in [5.74, 6) is 0.868. The molecule has 7 heteroatoms. The van der Waals surface area contributed by atoms with E-state index in [9.17, 15) is 4.79 Å². The number of aromatic nitrogens is 1. The second-order valence-electron chi connectivity index (χ2n) is 7.94. The number of amides is 1. The first-order valence-electron chi connectivity index (χ1n) is 10.5. The lowest BCUT2D eigenvalue weighted by Gasteiger charge is -2.34. The largest absolute Gasteiger partial charge is 0.497 e. The maximum Gasteiger partial charge on any atom is 0.238 e. The number of hydrogen-bond donors (Lipinski definition) is 1. The Morgan fingerprint density at radius 1 is 1.10 bits per heavy atom. The molecule has 162 valence electrons. The van der Waals surface area contributed by atoms with Crippen LogP contribution in [0.3, 0.4) is 0 Å². The van der Waals surface area contributed by atoms with Crippen LogP contribution in [0.25, 0.3) is 11.3 Å². The monoisotopic (exact) mass is 436 g/mol. The van der Waals surface area contributed by atoms with Gasteiger partial charge in [0.15, 0.2) is 5.13 Å². The number of methoxy groups -OCH3 is 1. The molecule has 0 atom stereocenters. The average Bonchev–Trinajstić information content (AvgIpc) is 3.24. The van der Waals surface area contributed by atoms with E-state index < -0.39 is 0 Å². The van der Waals surface area contributed by atoms with Crippen molar-refractivity contribution in [2.24, 2.45) is 0 Å². The number of anilines is 2. The number of nitrogens with zero attached hydrogens (tertiary/aromatic N) is 3. The number of rotatable bonds is 6. The molecule has 1 N–H and O–H groups in total. The van der Waals surface area contributed by atoms with E-state index in [-0.39, 0.29) is 5.91 Å². The summed E-state index contributed by atoms with van der Waals surface area (Å²) in [7, 11) is 1.67. The zero-order chi connectivity index (χ0) is 21.8. The topological polar surface area (TPSA) is 57.7 Å². The maximum absolute atomic E-state index is 12.5. The molecule has 1 aromatic heterocycles. The first-order valence-corrected chi connectivity index (χ1v) is 11.3. The smallest absolute Gasteiger partial charge is 0.238 e. The maximum atomic E-state index is 12.5. The first-order chi connectivity index (χ1) is 15.0. The van der Waals surface area contributed by atoms with Crippen LogP contribution in [0.15, 0.2) is 47.8 Å². The molecule has 3 aromatic rings. The van der Waals surface area contributed by atoms with E-state index in [1.807, 2.05) is 50.2 Å². The molecule has 4 rings (SSSR count). The second kappa shape index (κ2) is 9.49. The quantitative estimate of drug-likeness (QED) is 0.628. The molecular formula is C24H28N4O2S. The van der Waals surface area contributed by atoms with Gasteiger partial charge < -0.3 is 15.0 Å². The zero-order valence-corrected chi connectivity index (χ0v) is 19.0. The van der Waals surface area contributed by atoms with Crippen molar-refractivity contribution >= 4 is 28.1 Å². The van der Waals surface area contributed by atoms with Crippen molar-refractivity contribution in [3.05, 3.63) is 59.0 Å². The van der Waals surface area contributed by atoms with Gasteiger partial charge in [0.25, 0.3) is 0 Å². The Bertz CT molecular complexity index is 1040. The number of carbonyl (C=O) groups is 1. The number of hydrogen-bond acceptors (Lipinski definition) is 6. The van der Waals surface area contributed by atoms with Crippen molar-refractivity contribution in [2.75, 3.05) is 50.1 Å². The van der Waals surface area contributed by atoms with Crippen LogP contribution >= 0.6 is 11.3 Å². The summed E-state index contributed by atoms with van der Waals surface area (Å²) in [6, 6.07) is 14.1. The lowest BCUT2D eigenvalue weighted by molar-refractivity contribution is -0.117. The van der Waals surface area contributed by atoms with Gasteiger partial charge in [-0.1, -0.05) is 18.2 Å². The van der Waals surface area contributed by atoms with Gasteiger partial charge in [-0.3, -0.25) is 9.69 Å². The Balaban J connectivity index is 1.30. The van der Waals surface area contributed by atoms with E-state index in [2.05, 4.69) is 26.6 Å². The van der Waals surface area contributed by atoms with Crippen LogP contribution in [-0.2, 0) is 4.79 Å². The van der Waals surface area contributed by atoms with Gasteiger partial charge >= 0.3 is 0 Å². The number of carbonyl (C=O) groups excluding carboxylic acids is 1. The molecular weight excluding hydrogens is 408 g/mol. The lowest BCUT2D eigenvalue weighted by Crippen LogP contribution is -2.48. The highest BCUT2D eigenvalue weighted by molar-refractivity contribution is 7.14. The van der Waals surface area contributed by atoms with E-state index >= 15 is 0 Å². The van der Waals surface area contributed by atoms with Gasteiger partial charge in [-0.05, 0) is 49.2 Å². The SMILES string of the molecule is COc1cccc(-c2csc(N3CCN(CC(=O)Nc4cc(C)cc(C)c4)CC3)n2)c1. The van der Waals surface area contributed by atoms with Gasteiger partial charge in [0.1, 0.15) is 5.75 Å². The molecule has 1 fully saturated rings. The third-order valence-corrected chi connectivity index (χ3v) is 6.27. The predicted octanol–water partition coefficient (Wildman–Crippen LogP) is 4.20. The predicted molar refractivity (Wildman–Crippen MR) is 127 cm³/mol. The molecule has 0 bridgehead atoms. The fourth-order valence-electron chi connectivity index (χ4n) is 3.87. The van der Waals surface area contributed by atoms with Gasteiger partial charge in [0.2, 0.25) is 5.91 Å². The highest BCUT2D eigenvalue weighted by Gasteiger charge is 2.21. The Hall–Kier alpha value is -2.90. The van der Waals surface area contributed by atoms with Crippen molar-refractivity contribution in [1.82, 2.24) is 9.88 Å². The normalized spacial score (nSPS) is 14.5. The van der Waals surface area contributed by atoms with Crippen molar-refractivity contribution in [3.8, 4) is 17.0 Å². The summed E-state index contributed by atoms with van der Waals surface area (Å²) in [5, 5.41) is 6.15. The number of nitrogens with one attached hydrogen (secondary N) is 1. The summed E-state index contributed by atoms with van der Waals surface area (Å²) < 4.78 is 5.32.